The molecule has 2 nitrogen and oxygen atoms in total. The number of fused-ring (bicyclic) bond motifs is 1. The molecule has 0 saturated heterocycles. The first-order chi connectivity index (χ1) is 11.8. The fourth-order valence-corrected chi connectivity index (χ4v) is 3.40. The largest absolute Gasteiger partial charge is 0.265 e. The molecule has 0 saturated carbocycles. The van der Waals surface area contributed by atoms with Crippen LogP contribution in [0.2, 0.25) is 0 Å². The molecular weight excluding hydrogens is 292 g/mol. The zero-order valence-electron chi connectivity index (χ0n) is 13.8. The van der Waals surface area contributed by atoms with Crippen LogP contribution in [0.3, 0.4) is 0 Å². The van der Waals surface area contributed by atoms with Gasteiger partial charge in [-0.3, -0.25) is 9.97 Å². The topological polar surface area (TPSA) is 25.8 Å². The normalized spacial score (nSPS) is 10.9. The second kappa shape index (κ2) is 5.89. The van der Waals surface area contributed by atoms with E-state index >= 15 is 0 Å². The van der Waals surface area contributed by atoms with Gasteiger partial charge in [-0.1, -0.05) is 24.3 Å². The van der Waals surface area contributed by atoms with Crippen LogP contribution in [0.5, 0.6) is 0 Å². The van der Waals surface area contributed by atoms with Gasteiger partial charge in [0.05, 0.1) is 0 Å². The average molecular weight is 310 g/mol. The standard InChI is InChI=1S/C22H18N2/c1-15-19(17-7-11-23-12-8-17)3-6-22-16(2)20(4-5-21(15)22)18-9-13-24-14-10-18/h3-14H,1-2H3. The van der Waals surface area contributed by atoms with Gasteiger partial charge in [-0.05, 0) is 82.3 Å². The number of nitrogens with zero attached hydrogens (tertiary/aromatic N) is 2. The van der Waals surface area contributed by atoms with Crippen LogP contribution in [0, 0.1) is 13.8 Å². The molecule has 0 unspecified atom stereocenters. The maximum absolute atomic E-state index is 4.12. The Kier molecular flexibility index (Phi) is 3.58. The van der Waals surface area contributed by atoms with E-state index in [4.69, 9.17) is 0 Å². The third-order valence-corrected chi connectivity index (χ3v) is 4.72. The van der Waals surface area contributed by atoms with Gasteiger partial charge < -0.3 is 0 Å². The Morgan fingerprint density at radius 2 is 0.875 bits per heavy atom. The summed E-state index contributed by atoms with van der Waals surface area (Å²) in [5.74, 6) is 0. The Labute approximate surface area is 141 Å². The minimum atomic E-state index is 1.21. The van der Waals surface area contributed by atoms with Gasteiger partial charge >= 0.3 is 0 Å². The van der Waals surface area contributed by atoms with E-state index in [0.717, 1.165) is 0 Å². The fourth-order valence-electron chi connectivity index (χ4n) is 3.40. The summed E-state index contributed by atoms with van der Waals surface area (Å²) in [6.07, 6.45) is 7.38. The summed E-state index contributed by atoms with van der Waals surface area (Å²) >= 11 is 0. The van der Waals surface area contributed by atoms with E-state index in [9.17, 15) is 0 Å². The number of benzene rings is 2. The van der Waals surface area contributed by atoms with E-state index < -0.39 is 0 Å². The SMILES string of the molecule is Cc1c(-c2ccncc2)ccc2c(C)c(-c3ccncc3)ccc12. The molecule has 2 heteroatoms. The summed E-state index contributed by atoms with van der Waals surface area (Å²) in [6.45, 7) is 4.40. The number of aryl methyl sites for hydroxylation is 2. The molecule has 4 rings (SSSR count). The smallest absolute Gasteiger partial charge is 0.0273 e. The molecule has 0 aliphatic carbocycles. The van der Waals surface area contributed by atoms with Crippen molar-refractivity contribution < 1.29 is 0 Å². The summed E-state index contributed by atoms with van der Waals surface area (Å²) < 4.78 is 0. The Balaban J connectivity index is 1.93. The number of hydrogen-bond acceptors (Lipinski definition) is 2. The van der Waals surface area contributed by atoms with Crippen LogP contribution in [0.1, 0.15) is 11.1 Å². The lowest BCUT2D eigenvalue weighted by molar-refractivity contribution is 1.32. The molecule has 116 valence electrons. The lowest BCUT2D eigenvalue weighted by Crippen LogP contribution is -1.91. The Bertz CT molecular complexity index is 921. The van der Waals surface area contributed by atoms with Gasteiger partial charge in [-0.2, -0.15) is 0 Å². The molecule has 0 aliphatic heterocycles. The highest BCUT2D eigenvalue weighted by molar-refractivity contribution is 5.97. The molecule has 2 aromatic carbocycles. The predicted octanol–water partition coefficient (Wildman–Crippen LogP) is 5.58. The summed E-state index contributed by atoms with van der Waals surface area (Å²) in [5, 5.41) is 2.61. The highest BCUT2D eigenvalue weighted by atomic mass is 14.6. The third kappa shape index (κ3) is 2.37. The summed E-state index contributed by atoms with van der Waals surface area (Å²) in [6, 6.07) is 17.2. The van der Waals surface area contributed by atoms with Crippen molar-refractivity contribution in [2.45, 2.75) is 13.8 Å². The van der Waals surface area contributed by atoms with Crippen LogP contribution in [0.25, 0.3) is 33.0 Å². The first-order valence-corrected chi connectivity index (χ1v) is 8.09. The van der Waals surface area contributed by atoms with E-state index in [1.807, 2.05) is 24.8 Å². The quantitative estimate of drug-likeness (QED) is 0.483. The maximum Gasteiger partial charge on any atom is 0.0273 e. The van der Waals surface area contributed by atoms with E-state index in [0.29, 0.717) is 0 Å². The molecular formula is C22H18N2. The van der Waals surface area contributed by atoms with Crippen LogP contribution in [-0.4, -0.2) is 9.97 Å². The second-order valence-corrected chi connectivity index (χ2v) is 6.04. The van der Waals surface area contributed by atoms with Gasteiger partial charge in [0.2, 0.25) is 0 Å². The molecule has 2 heterocycles. The van der Waals surface area contributed by atoms with Gasteiger partial charge in [0, 0.05) is 24.8 Å². The van der Waals surface area contributed by atoms with Crippen molar-refractivity contribution in [3.8, 4) is 22.3 Å². The first-order valence-electron chi connectivity index (χ1n) is 8.09. The van der Waals surface area contributed by atoms with Gasteiger partial charge in [0.25, 0.3) is 0 Å². The highest BCUT2D eigenvalue weighted by Gasteiger charge is 2.10. The van der Waals surface area contributed by atoms with Crippen molar-refractivity contribution in [2.75, 3.05) is 0 Å². The van der Waals surface area contributed by atoms with Crippen molar-refractivity contribution in [3.05, 3.63) is 84.4 Å². The molecule has 2 aromatic heterocycles. The molecule has 0 N–H and O–H groups in total. The molecule has 4 aromatic rings. The molecule has 0 radical (unpaired) electrons. The predicted molar refractivity (Wildman–Crippen MR) is 99.9 cm³/mol. The maximum atomic E-state index is 4.12. The van der Waals surface area contributed by atoms with E-state index in [1.54, 1.807) is 0 Å². The fraction of sp³-hybridized carbons (Fsp3) is 0.0909. The van der Waals surface area contributed by atoms with Crippen LogP contribution in [0.4, 0.5) is 0 Å². The van der Waals surface area contributed by atoms with Crippen molar-refractivity contribution in [1.82, 2.24) is 9.97 Å². The monoisotopic (exact) mass is 310 g/mol. The minimum absolute atomic E-state index is 1.21. The number of hydrogen-bond donors (Lipinski definition) is 0. The average Bonchev–Trinajstić information content (AvgIpc) is 2.64. The van der Waals surface area contributed by atoms with Crippen LogP contribution < -0.4 is 0 Å². The van der Waals surface area contributed by atoms with Gasteiger partial charge in [-0.25, -0.2) is 0 Å². The van der Waals surface area contributed by atoms with E-state index in [2.05, 4.69) is 72.3 Å². The van der Waals surface area contributed by atoms with Gasteiger partial charge in [0.15, 0.2) is 0 Å². The summed E-state index contributed by atoms with van der Waals surface area (Å²) in [4.78, 5) is 8.23. The van der Waals surface area contributed by atoms with E-state index in [1.165, 1.54) is 44.2 Å². The molecule has 0 atom stereocenters. The molecule has 0 aliphatic rings. The molecule has 0 fully saturated rings. The van der Waals surface area contributed by atoms with Crippen LogP contribution in [-0.2, 0) is 0 Å². The van der Waals surface area contributed by atoms with Gasteiger partial charge in [0.1, 0.15) is 0 Å². The molecule has 0 spiro atoms. The summed E-state index contributed by atoms with van der Waals surface area (Å²) in [7, 11) is 0. The summed E-state index contributed by atoms with van der Waals surface area (Å²) in [5.41, 5.74) is 7.56. The zero-order valence-corrected chi connectivity index (χ0v) is 13.8. The number of aromatic nitrogens is 2. The second-order valence-electron chi connectivity index (χ2n) is 6.04. The van der Waals surface area contributed by atoms with Gasteiger partial charge in [-0.15, -0.1) is 0 Å². The lowest BCUT2D eigenvalue weighted by atomic mass is 9.90. The highest BCUT2D eigenvalue weighted by Crippen LogP contribution is 2.34. The molecule has 24 heavy (non-hydrogen) atoms. The van der Waals surface area contributed by atoms with Crippen LogP contribution >= 0.6 is 0 Å². The number of pyridine rings is 2. The zero-order chi connectivity index (χ0) is 16.5. The molecule has 0 bridgehead atoms. The Morgan fingerprint density at radius 3 is 1.25 bits per heavy atom. The van der Waals surface area contributed by atoms with Crippen molar-refractivity contribution >= 4 is 10.8 Å². The first kappa shape index (κ1) is 14.6. The van der Waals surface area contributed by atoms with E-state index in [-0.39, 0.29) is 0 Å². The number of rotatable bonds is 2. The Hall–Kier alpha value is -3.00. The third-order valence-electron chi connectivity index (χ3n) is 4.72. The molecule has 0 amide bonds. The van der Waals surface area contributed by atoms with Crippen molar-refractivity contribution in [3.63, 3.8) is 0 Å². The van der Waals surface area contributed by atoms with Crippen molar-refractivity contribution in [1.29, 1.82) is 0 Å². The lowest BCUT2D eigenvalue weighted by Gasteiger charge is -2.14. The minimum Gasteiger partial charge on any atom is -0.265 e. The van der Waals surface area contributed by atoms with Crippen molar-refractivity contribution in [2.24, 2.45) is 0 Å². The van der Waals surface area contributed by atoms with Crippen LogP contribution in [0.15, 0.2) is 73.3 Å². The Morgan fingerprint density at radius 1 is 0.500 bits per heavy atom.